The van der Waals surface area contributed by atoms with E-state index in [1.54, 1.807) is 0 Å². The first-order valence-corrected chi connectivity index (χ1v) is 6.90. The van der Waals surface area contributed by atoms with Gasteiger partial charge in [0.1, 0.15) is 11.4 Å². The van der Waals surface area contributed by atoms with Crippen molar-refractivity contribution in [2.45, 2.75) is 6.42 Å². The van der Waals surface area contributed by atoms with Crippen molar-refractivity contribution < 1.29 is 14.3 Å². The van der Waals surface area contributed by atoms with Gasteiger partial charge in [-0.15, -0.1) is 0 Å². The maximum absolute atomic E-state index is 13.4. The molecule has 0 saturated carbocycles. The molecule has 1 aromatic carbocycles. The van der Waals surface area contributed by atoms with Crippen molar-refractivity contribution in [3.8, 4) is 0 Å². The van der Waals surface area contributed by atoms with Crippen LogP contribution in [-0.2, 0) is 0 Å². The molecule has 0 aromatic heterocycles. The molecule has 98 valence electrons. The molecule has 2 rings (SSSR count). The van der Waals surface area contributed by atoms with E-state index in [4.69, 9.17) is 5.73 Å². The lowest BCUT2D eigenvalue weighted by molar-refractivity contribution is 0.0698. The van der Waals surface area contributed by atoms with Crippen molar-refractivity contribution in [3.05, 3.63) is 23.5 Å². The number of nitrogens with zero attached hydrogens (tertiary/aromatic N) is 1. The van der Waals surface area contributed by atoms with Gasteiger partial charge in [0.2, 0.25) is 0 Å². The number of thioether (sulfide) groups is 1. The second-order valence-corrected chi connectivity index (χ2v) is 5.34. The molecule has 0 bridgehead atoms. The van der Waals surface area contributed by atoms with E-state index >= 15 is 0 Å². The molecule has 18 heavy (non-hydrogen) atoms. The van der Waals surface area contributed by atoms with Gasteiger partial charge >= 0.3 is 5.97 Å². The average molecular weight is 270 g/mol. The van der Waals surface area contributed by atoms with E-state index in [0.29, 0.717) is 5.69 Å². The van der Waals surface area contributed by atoms with Crippen LogP contribution in [0.5, 0.6) is 0 Å². The third kappa shape index (κ3) is 2.53. The summed E-state index contributed by atoms with van der Waals surface area (Å²) in [6, 6.07) is 2.74. The third-order valence-corrected chi connectivity index (χ3v) is 4.00. The Bertz CT molecular complexity index is 460. The molecular formula is C12H15FN2O2S. The van der Waals surface area contributed by atoms with Crippen LogP contribution in [0.1, 0.15) is 16.8 Å². The van der Waals surface area contributed by atoms with Crippen LogP contribution >= 0.6 is 11.8 Å². The number of halogens is 1. The van der Waals surface area contributed by atoms with Gasteiger partial charge in [0.05, 0.1) is 11.4 Å². The van der Waals surface area contributed by atoms with Crippen LogP contribution in [0, 0.1) is 5.82 Å². The summed E-state index contributed by atoms with van der Waals surface area (Å²) in [6.07, 6.45) is 0.987. The summed E-state index contributed by atoms with van der Waals surface area (Å²) in [4.78, 5) is 13.2. The molecule has 3 N–H and O–H groups in total. The summed E-state index contributed by atoms with van der Waals surface area (Å²) in [5.74, 6) is 0.144. The first-order valence-electron chi connectivity index (χ1n) is 5.75. The number of hydrogen-bond donors (Lipinski definition) is 2. The van der Waals surface area contributed by atoms with Gasteiger partial charge in [0, 0.05) is 18.8 Å². The number of rotatable bonds is 2. The smallest absolute Gasteiger partial charge is 0.340 e. The van der Waals surface area contributed by atoms with Gasteiger partial charge < -0.3 is 15.7 Å². The molecule has 0 amide bonds. The number of carboxylic acid groups (broad SMARTS) is 1. The summed E-state index contributed by atoms with van der Waals surface area (Å²) in [7, 11) is 0. The fraction of sp³-hybridized carbons (Fsp3) is 0.417. The minimum Gasteiger partial charge on any atom is -0.478 e. The van der Waals surface area contributed by atoms with Crippen LogP contribution in [0.4, 0.5) is 15.8 Å². The van der Waals surface area contributed by atoms with Crippen molar-refractivity contribution in [3.63, 3.8) is 0 Å². The lowest BCUT2D eigenvalue weighted by Crippen LogP contribution is -2.28. The maximum Gasteiger partial charge on any atom is 0.340 e. The normalized spacial score (nSPS) is 16.4. The molecular weight excluding hydrogens is 255 g/mol. The highest BCUT2D eigenvalue weighted by molar-refractivity contribution is 7.99. The van der Waals surface area contributed by atoms with Gasteiger partial charge in [-0.2, -0.15) is 11.8 Å². The van der Waals surface area contributed by atoms with Crippen molar-refractivity contribution in [1.82, 2.24) is 0 Å². The molecule has 0 atom stereocenters. The van der Waals surface area contributed by atoms with Gasteiger partial charge in [-0.3, -0.25) is 0 Å². The quantitative estimate of drug-likeness (QED) is 0.805. The van der Waals surface area contributed by atoms with Crippen molar-refractivity contribution in [2.24, 2.45) is 0 Å². The predicted octanol–water partition coefficient (Wildman–Crippen LogP) is 2.05. The van der Waals surface area contributed by atoms with Crippen LogP contribution in [0.25, 0.3) is 0 Å². The van der Waals surface area contributed by atoms with Gasteiger partial charge in [-0.05, 0) is 24.3 Å². The monoisotopic (exact) mass is 270 g/mol. The third-order valence-electron chi connectivity index (χ3n) is 2.95. The van der Waals surface area contributed by atoms with E-state index in [0.717, 1.165) is 31.0 Å². The number of hydrogen-bond acceptors (Lipinski definition) is 4. The molecule has 1 aliphatic rings. The zero-order valence-electron chi connectivity index (χ0n) is 9.86. The Morgan fingerprint density at radius 1 is 1.39 bits per heavy atom. The second-order valence-electron chi connectivity index (χ2n) is 4.11. The van der Waals surface area contributed by atoms with E-state index < -0.39 is 11.8 Å². The Kier molecular flexibility index (Phi) is 3.96. The fourth-order valence-corrected chi connectivity index (χ4v) is 2.94. The summed E-state index contributed by atoms with van der Waals surface area (Å²) in [5, 5.41) is 9.19. The van der Waals surface area contributed by atoms with Crippen LogP contribution in [0.15, 0.2) is 12.1 Å². The van der Waals surface area contributed by atoms with Crippen LogP contribution < -0.4 is 10.6 Å². The van der Waals surface area contributed by atoms with Gasteiger partial charge in [-0.1, -0.05) is 0 Å². The fourth-order valence-electron chi connectivity index (χ4n) is 2.06. The minimum atomic E-state index is -1.18. The number of carboxylic acids is 1. The second kappa shape index (κ2) is 5.48. The first-order chi connectivity index (χ1) is 8.61. The summed E-state index contributed by atoms with van der Waals surface area (Å²) in [6.45, 7) is 1.54. The van der Waals surface area contributed by atoms with E-state index in [9.17, 15) is 14.3 Å². The largest absolute Gasteiger partial charge is 0.478 e. The number of carbonyl (C=O) groups is 1. The average Bonchev–Trinajstić information content (AvgIpc) is 2.60. The maximum atomic E-state index is 13.4. The lowest BCUT2D eigenvalue weighted by Gasteiger charge is -2.24. The topological polar surface area (TPSA) is 66.6 Å². The molecule has 1 fully saturated rings. The Labute approximate surface area is 109 Å². The van der Waals surface area contributed by atoms with Crippen molar-refractivity contribution in [2.75, 3.05) is 35.2 Å². The molecule has 0 spiro atoms. The zero-order valence-corrected chi connectivity index (χ0v) is 10.7. The number of nitrogens with two attached hydrogens (primary N) is 1. The van der Waals surface area contributed by atoms with E-state index in [-0.39, 0.29) is 11.3 Å². The summed E-state index contributed by atoms with van der Waals surface area (Å²) >= 11 is 1.84. The van der Waals surface area contributed by atoms with Crippen LogP contribution in [0.2, 0.25) is 0 Å². The molecule has 0 aliphatic carbocycles. The number of anilines is 2. The summed E-state index contributed by atoms with van der Waals surface area (Å²) in [5.41, 5.74) is 5.66. The predicted molar refractivity (Wildman–Crippen MR) is 71.9 cm³/mol. The van der Waals surface area contributed by atoms with Crippen molar-refractivity contribution >= 4 is 29.1 Å². The molecule has 1 saturated heterocycles. The van der Waals surface area contributed by atoms with Gasteiger partial charge in [-0.25, -0.2) is 9.18 Å². The number of benzene rings is 1. The SMILES string of the molecule is Nc1c(F)ccc(N2CCCSCC2)c1C(=O)O. The standard InChI is InChI=1S/C12H15FN2O2S/c13-8-2-3-9(10(11(8)14)12(16)17)15-4-1-6-18-7-5-15/h2-3H,1,4-7,14H2,(H,16,17). The summed E-state index contributed by atoms with van der Waals surface area (Å²) < 4.78 is 13.4. The minimum absolute atomic E-state index is 0.123. The van der Waals surface area contributed by atoms with Gasteiger partial charge in [0.15, 0.2) is 0 Å². The van der Waals surface area contributed by atoms with E-state index in [2.05, 4.69) is 0 Å². The Morgan fingerprint density at radius 3 is 2.89 bits per heavy atom. The Hall–Kier alpha value is -1.43. The molecule has 1 heterocycles. The molecule has 0 unspecified atom stereocenters. The lowest BCUT2D eigenvalue weighted by atomic mass is 10.1. The van der Waals surface area contributed by atoms with E-state index in [1.165, 1.54) is 12.1 Å². The highest BCUT2D eigenvalue weighted by Crippen LogP contribution is 2.29. The first kappa shape index (κ1) is 13.0. The highest BCUT2D eigenvalue weighted by atomic mass is 32.2. The van der Waals surface area contributed by atoms with E-state index in [1.807, 2.05) is 16.7 Å². The Balaban J connectivity index is 2.42. The van der Waals surface area contributed by atoms with Crippen LogP contribution in [-0.4, -0.2) is 35.7 Å². The van der Waals surface area contributed by atoms with Crippen LogP contribution in [0.3, 0.4) is 0 Å². The molecule has 4 nitrogen and oxygen atoms in total. The molecule has 0 radical (unpaired) electrons. The Morgan fingerprint density at radius 2 is 2.17 bits per heavy atom. The highest BCUT2D eigenvalue weighted by Gasteiger charge is 2.22. The van der Waals surface area contributed by atoms with Crippen molar-refractivity contribution in [1.29, 1.82) is 0 Å². The molecule has 1 aromatic rings. The van der Waals surface area contributed by atoms with Gasteiger partial charge in [0.25, 0.3) is 0 Å². The molecule has 6 heteroatoms. The number of nitrogen functional groups attached to an aromatic ring is 1. The molecule has 1 aliphatic heterocycles. The zero-order chi connectivity index (χ0) is 13.1. The number of aromatic carboxylic acids is 1.